The fourth-order valence-corrected chi connectivity index (χ4v) is 4.94. The van der Waals surface area contributed by atoms with Crippen LogP contribution in [-0.2, 0) is 13.0 Å². The molecule has 1 heterocycles. The molecule has 1 unspecified atom stereocenters. The second-order valence-electron chi connectivity index (χ2n) is 5.86. The van der Waals surface area contributed by atoms with Gasteiger partial charge in [0, 0.05) is 30.0 Å². The van der Waals surface area contributed by atoms with E-state index in [1.165, 1.54) is 41.6 Å². The van der Waals surface area contributed by atoms with Gasteiger partial charge >= 0.3 is 0 Å². The molecule has 120 valence electrons. The molecule has 1 aliphatic carbocycles. The van der Waals surface area contributed by atoms with Crippen molar-refractivity contribution in [1.82, 2.24) is 15.1 Å². The van der Waals surface area contributed by atoms with Gasteiger partial charge in [-0.1, -0.05) is 19.8 Å². The Labute approximate surface area is 141 Å². The third-order valence-electron chi connectivity index (χ3n) is 4.22. The molecule has 0 aliphatic heterocycles. The van der Waals surface area contributed by atoms with E-state index in [2.05, 4.69) is 63.6 Å². The van der Waals surface area contributed by atoms with Gasteiger partial charge in [0.05, 0.1) is 15.9 Å². The summed E-state index contributed by atoms with van der Waals surface area (Å²) in [5.74, 6) is 1.21. The molecule has 2 rings (SSSR count). The smallest absolute Gasteiger partial charge is 0.0738 e. The summed E-state index contributed by atoms with van der Waals surface area (Å²) in [6, 6.07) is 0.540. The van der Waals surface area contributed by atoms with Crippen LogP contribution in [0.1, 0.15) is 50.9 Å². The van der Waals surface area contributed by atoms with E-state index in [1.54, 1.807) is 0 Å². The molecule has 0 radical (unpaired) electrons. The Hall–Kier alpha value is 0. The fraction of sp³-hybridized carbons (Fsp3) is 0.812. The minimum atomic E-state index is 0.540. The SMILES string of the molecule is CCNC(CSC1CCCC1)Cc1c(Br)c(C)nn1CC. The number of aryl methyl sites for hydroxylation is 2. The number of thioether (sulfide) groups is 1. The molecule has 5 heteroatoms. The lowest BCUT2D eigenvalue weighted by molar-refractivity contribution is 0.532. The van der Waals surface area contributed by atoms with Gasteiger partial charge in [0.25, 0.3) is 0 Å². The predicted octanol–water partition coefficient (Wildman–Crippen LogP) is 4.17. The maximum absolute atomic E-state index is 4.61. The number of hydrogen-bond donors (Lipinski definition) is 1. The van der Waals surface area contributed by atoms with Crippen LogP contribution in [0.25, 0.3) is 0 Å². The summed E-state index contributed by atoms with van der Waals surface area (Å²) in [5, 5.41) is 9.17. The van der Waals surface area contributed by atoms with E-state index in [0.29, 0.717) is 6.04 Å². The number of aromatic nitrogens is 2. The molecule has 1 N–H and O–H groups in total. The van der Waals surface area contributed by atoms with Crippen LogP contribution in [-0.4, -0.2) is 33.4 Å². The minimum Gasteiger partial charge on any atom is -0.313 e. The minimum absolute atomic E-state index is 0.540. The number of nitrogens with zero attached hydrogens (tertiary/aromatic N) is 2. The first-order valence-electron chi connectivity index (χ1n) is 8.22. The van der Waals surface area contributed by atoms with Gasteiger partial charge in [-0.15, -0.1) is 0 Å². The maximum Gasteiger partial charge on any atom is 0.0738 e. The Kier molecular flexibility index (Phi) is 7.10. The van der Waals surface area contributed by atoms with Crippen molar-refractivity contribution in [2.75, 3.05) is 12.3 Å². The van der Waals surface area contributed by atoms with Crippen molar-refractivity contribution in [2.24, 2.45) is 0 Å². The molecule has 1 atom stereocenters. The summed E-state index contributed by atoms with van der Waals surface area (Å²) in [6.45, 7) is 8.42. The van der Waals surface area contributed by atoms with Gasteiger partial charge in [0.1, 0.15) is 0 Å². The molecule has 0 spiro atoms. The summed E-state index contributed by atoms with van der Waals surface area (Å²) in [7, 11) is 0. The van der Waals surface area contributed by atoms with Crippen molar-refractivity contribution >= 4 is 27.7 Å². The van der Waals surface area contributed by atoms with E-state index in [-0.39, 0.29) is 0 Å². The van der Waals surface area contributed by atoms with Gasteiger partial charge < -0.3 is 5.32 Å². The van der Waals surface area contributed by atoms with E-state index in [9.17, 15) is 0 Å². The molecular formula is C16H28BrN3S. The van der Waals surface area contributed by atoms with Crippen LogP contribution in [0, 0.1) is 6.92 Å². The normalized spacial score (nSPS) is 17.5. The first-order chi connectivity index (χ1) is 10.2. The van der Waals surface area contributed by atoms with Gasteiger partial charge in [0.2, 0.25) is 0 Å². The zero-order chi connectivity index (χ0) is 15.2. The number of hydrogen-bond acceptors (Lipinski definition) is 3. The molecule has 0 bridgehead atoms. The summed E-state index contributed by atoms with van der Waals surface area (Å²) in [5.41, 5.74) is 2.44. The molecule has 1 aromatic rings. The molecule has 3 nitrogen and oxygen atoms in total. The van der Waals surface area contributed by atoms with Crippen molar-refractivity contribution in [3.8, 4) is 0 Å². The van der Waals surface area contributed by atoms with E-state index >= 15 is 0 Å². The van der Waals surface area contributed by atoms with E-state index in [4.69, 9.17) is 0 Å². The van der Waals surface area contributed by atoms with Gasteiger partial charge in [-0.25, -0.2) is 0 Å². The highest BCUT2D eigenvalue weighted by Crippen LogP contribution is 2.30. The third-order valence-corrected chi connectivity index (χ3v) is 6.79. The van der Waals surface area contributed by atoms with Crippen molar-refractivity contribution in [2.45, 2.75) is 70.7 Å². The van der Waals surface area contributed by atoms with Gasteiger partial charge in [-0.3, -0.25) is 4.68 Å². The van der Waals surface area contributed by atoms with E-state index < -0.39 is 0 Å². The van der Waals surface area contributed by atoms with Gasteiger partial charge in [0.15, 0.2) is 0 Å². The molecule has 1 fully saturated rings. The van der Waals surface area contributed by atoms with Crippen LogP contribution in [0.5, 0.6) is 0 Å². The van der Waals surface area contributed by atoms with Crippen molar-refractivity contribution < 1.29 is 0 Å². The molecular weight excluding hydrogens is 346 g/mol. The van der Waals surface area contributed by atoms with Crippen LogP contribution in [0.15, 0.2) is 4.47 Å². The predicted molar refractivity (Wildman–Crippen MR) is 96.2 cm³/mol. The maximum atomic E-state index is 4.61. The van der Waals surface area contributed by atoms with Crippen LogP contribution >= 0.6 is 27.7 Å². The highest BCUT2D eigenvalue weighted by atomic mass is 79.9. The number of likely N-dealkylation sites (N-methyl/N-ethyl adjacent to an activating group) is 1. The number of nitrogens with one attached hydrogen (secondary N) is 1. The third kappa shape index (κ3) is 4.73. The molecule has 0 aromatic carbocycles. The van der Waals surface area contributed by atoms with E-state index in [1.807, 2.05) is 0 Å². The average molecular weight is 374 g/mol. The first-order valence-corrected chi connectivity index (χ1v) is 10.1. The Bertz CT molecular complexity index is 441. The molecule has 0 amide bonds. The van der Waals surface area contributed by atoms with Crippen LogP contribution in [0.3, 0.4) is 0 Å². The highest BCUT2D eigenvalue weighted by molar-refractivity contribution is 9.10. The van der Waals surface area contributed by atoms with Crippen molar-refractivity contribution in [3.05, 3.63) is 15.9 Å². The standard InChI is InChI=1S/C16H28BrN3S/c1-4-18-13(11-21-14-8-6-7-9-14)10-15-16(17)12(3)19-20(15)5-2/h13-14,18H,4-11H2,1-3H3. The van der Waals surface area contributed by atoms with Crippen molar-refractivity contribution in [1.29, 1.82) is 0 Å². The zero-order valence-electron chi connectivity index (χ0n) is 13.5. The second-order valence-corrected chi connectivity index (χ2v) is 7.99. The monoisotopic (exact) mass is 373 g/mol. The second kappa shape index (κ2) is 8.59. The van der Waals surface area contributed by atoms with Gasteiger partial charge in [-0.05, 0) is 49.2 Å². The quantitative estimate of drug-likeness (QED) is 0.741. The van der Waals surface area contributed by atoms with Gasteiger partial charge in [-0.2, -0.15) is 16.9 Å². The highest BCUT2D eigenvalue weighted by Gasteiger charge is 2.20. The average Bonchev–Trinajstić information content (AvgIpc) is 3.08. The van der Waals surface area contributed by atoms with Crippen molar-refractivity contribution in [3.63, 3.8) is 0 Å². The summed E-state index contributed by atoms with van der Waals surface area (Å²) >= 11 is 5.89. The van der Waals surface area contributed by atoms with Crippen LogP contribution in [0.2, 0.25) is 0 Å². The summed E-state index contributed by atoms with van der Waals surface area (Å²) in [4.78, 5) is 0. The number of rotatable bonds is 8. The Morgan fingerprint density at radius 1 is 1.38 bits per heavy atom. The Morgan fingerprint density at radius 3 is 2.71 bits per heavy atom. The molecule has 1 aromatic heterocycles. The van der Waals surface area contributed by atoms with E-state index in [0.717, 1.165) is 30.5 Å². The lowest BCUT2D eigenvalue weighted by atomic mass is 10.1. The lowest BCUT2D eigenvalue weighted by Crippen LogP contribution is -2.34. The molecule has 1 saturated carbocycles. The molecule has 0 saturated heterocycles. The number of halogens is 1. The Balaban J connectivity index is 1.98. The largest absolute Gasteiger partial charge is 0.313 e. The Morgan fingerprint density at radius 2 is 2.10 bits per heavy atom. The van der Waals surface area contributed by atoms with Crippen LogP contribution in [0.4, 0.5) is 0 Å². The molecule has 1 aliphatic rings. The lowest BCUT2D eigenvalue weighted by Gasteiger charge is -2.20. The summed E-state index contributed by atoms with van der Waals surface area (Å²) < 4.78 is 3.34. The van der Waals surface area contributed by atoms with Crippen LogP contribution < -0.4 is 5.32 Å². The molecule has 21 heavy (non-hydrogen) atoms. The summed E-state index contributed by atoms with van der Waals surface area (Å²) in [6.07, 6.45) is 6.75. The topological polar surface area (TPSA) is 29.9 Å². The first kappa shape index (κ1) is 17.4. The fourth-order valence-electron chi connectivity index (χ4n) is 3.08. The zero-order valence-corrected chi connectivity index (χ0v) is 15.9.